The average Bonchev–Trinajstić information content (AvgIpc) is 2.57. The van der Waals surface area contributed by atoms with Gasteiger partial charge in [-0.3, -0.25) is 4.70 Å². The van der Waals surface area contributed by atoms with Gasteiger partial charge in [0.05, 0.1) is 0 Å². The summed E-state index contributed by atoms with van der Waals surface area (Å²) in [7, 11) is -3.89. The summed E-state index contributed by atoms with van der Waals surface area (Å²) in [4.78, 5) is 0. The van der Waals surface area contributed by atoms with E-state index in [1.54, 1.807) is 72.8 Å². The Balaban J connectivity index is 0.00000208. The number of benzene rings is 3. The van der Waals surface area contributed by atoms with E-state index in [0.717, 1.165) is 0 Å². The summed E-state index contributed by atoms with van der Waals surface area (Å²) in [6.45, 7) is 0. The molecule has 0 aliphatic rings. The Labute approximate surface area is 139 Å². The zero-order chi connectivity index (χ0) is 16.0. The first kappa shape index (κ1) is 17.6. The Kier molecular flexibility index (Phi) is 5.99. The van der Waals surface area contributed by atoms with Gasteiger partial charge in [-0.05, 0) is 36.4 Å². The van der Waals surface area contributed by atoms with Gasteiger partial charge in [0.25, 0.3) is 0 Å². The fourth-order valence-corrected chi connectivity index (χ4v) is 3.14. The molecule has 0 unspecified atom stereocenters. The first-order valence-electron chi connectivity index (χ1n) is 7.07. The highest BCUT2D eigenvalue weighted by molar-refractivity contribution is 7.49. The van der Waals surface area contributed by atoms with Crippen LogP contribution < -0.4 is 13.6 Å². The Morgan fingerprint density at radius 1 is 0.500 bits per heavy atom. The number of hydrogen-bond acceptors (Lipinski definition) is 4. The second-order valence-electron chi connectivity index (χ2n) is 4.66. The van der Waals surface area contributed by atoms with Crippen LogP contribution >= 0.6 is 7.82 Å². The molecule has 0 amide bonds. The van der Waals surface area contributed by atoms with E-state index in [-0.39, 0.29) is 4.70 Å². The van der Waals surface area contributed by atoms with Gasteiger partial charge < -0.3 is 13.6 Å². The fourth-order valence-electron chi connectivity index (χ4n) is 1.89. The summed E-state index contributed by atoms with van der Waals surface area (Å²) >= 11 is 0. The first-order valence-corrected chi connectivity index (χ1v) is 8.54. The monoisotopic (exact) mass is 346 g/mol. The molecule has 0 saturated carbocycles. The van der Waals surface area contributed by atoms with Crippen molar-refractivity contribution in [2.24, 2.45) is 0 Å². The molecule has 3 aromatic rings. The zero-order valence-electron chi connectivity index (χ0n) is 12.6. The zero-order valence-corrected chi connectivity index (χ0v) is 13.5. The third-order valence-electron chi connectivity index (χ3n) is 2.88. The van der Waals surface area contributed by atoms with Gasteiger partial charge in [0.15, 0.2) is 0 Å². The van der Waals surface area contributed by atoms with Gasteiger partial charge in [0.2, 0.25) is 0 Å². The lowest BCUT2D eigenvalue weighted by atomic mass is 10.3. The summed E-state index contributed by atoms with van der Waals surface area (Å²) < 4.78 is 29.6. The molecule has 0 heterocycles. The van der Waals surface area contributed by atoms with Crippen molar-refractivity contribution in [2.45, 2.75) is 0 Å². The predicted octanol–water partition coefficient (Wildman–Crippen LogP) is 5.48. The van der Waals surface area contributed by atoms with Gasteiger partial charge in [-0.2, -0.15) is 4.57 Å². The average molecular weight is 346 g/mol. The minimum absolute atomic E-state index is 0. The number of phosphoric ester groups is 1. The summed E-state index contributed by atoms with van der Waals surface area (Å²) in [6.07, 6.45) is 0. The number of hydrogen-bond donors (Lipinski definition) is 0. The minimum atomic E-state index is -3.89. The number of phosphoric acid groups is 1. The van der Waals surface area contributed by atoms with Crippen molar-refractivity contribution in [3.8, 4) is 17.2 Å². The molecule has 3 aromatic carbocycles. The molecule has 0 atom stereocenters. The SMILES string of the molecule is F.O=P(Oc1ccccc1)(Oc1ccccc1)Oc1ccccc1. The largest absolute Gasteiger partial charge is 0.647 e. The van der Waals surface area contributed by atoms with Crippen LogP contribution in [0.15, 0.2) is 91.0 Å². The minimum Gasteiger partial charge on any atom is -0.386 e. The smallest absolute Gasteiger partial charge is 0.386 e. The lowest BCUT2D eigenvalue weighted by molar-refractivity contribution is 0.298. The quantitative estimate of drug-likeness (QED) is 0.554. The van der Waals surface area contributed by atoms with Crippen molar-refractivity contribution in [3.63, 3.8) is 0 Å². The third-order valence-corrected chi connectivity index (χ3v) is 4.18. The van der Waals surface area contributed by atoms with Crippen LogP contribution in [0.1, 0.15) is 0 Å². The van der Waals surface area contributed by atoms with E-state index < -0.39 is 7.82 Å². The Bertz CT molecular complexity index is 674. The molecule has 0 saturated heterocycles. The van der Waals surface area contributed by atoms with Gasteiger partial charge in [-0.25, -0.2) is 0 Å². The maximum Gasteiger partial charge on any atom is 0.647 e. The van der Waals surface area contributed by atoms with Crippen molar-refractivity contribution in [2.75, 3.05) is 0 Å². The molecule has 24 heavy (non-hydrogen) atoms. The molecule has 0 aromatic heterocycles. The van der Waals surface area contributed by atoms with Crippen LogP contribution in [0, 0.1) is 0 Å². The van der Waals surface area contributed by atoms with Crippen molar-refractivity contribution >= 4 is 7.82 Å². The standard InChI is InChI=1S/C18H15O4P.FH/c19-23(20-16-10-4-1-5-11-16,21-17-12-6-2-7-13-17)22-18-14-8-3-9-15-18;/h1-15H;1H. The molecule has 4 nitrogen and oxygen atoms in total. The highest BCUT2D eigenvalue weighted by atomic mass is 31.2. The second kappa shape index (κ2) is 8.18. The molecule has 0 bridgehead atoms. The van der Waals surface area contributed by atoms with Crippen LogP contribution in [0.5, 0.6) is 17.2 Å². The van der Waals surface area contributed by atoms with Crippen molar-refractivity contribution in [1.82, 2.24) is 0 Å². The van der Waals surface area contributed by atoms with Crippen LogP contribution in [0.2, 0.25) is 0 Å². The van der Waals surface area contributed by atoms with Gasteiger partial charge in [-0.15, -0.1) is 0 Å². The molecule has 0 radical (unpaired) electrons. The Morgan fingerprint density at radius 2 is 0.750 bits per heavy atom. The van der Waals surface area contributed by atoms with Gasteiger partial charge >= 0.3 is 7.82 Å². The molecule has 124 valence electrons. The van der Waals surface area contributed by atoms with E-state index in [0.29, 0.717) is 17.2 Å². The normalized spacial score (nSPS) is 10.3. The van der Waals surface area contributed by atoms with E-state index in [2.05, 4.69) is 0 Å². The van der Waals surface area contributed by atoms with Gasteiger partial charge in [0, 0.05) is 0 Å². The molecule has 0 N–H and O–H groups in total. The number of halogens is 1. The molecule has 0 aliphatic carbocycles. The second-order valence-corrected chi connectivity index (χ2v) is 6.10. The van der Waals surface area contributed by atoms with Crippen LogP contribution in [-0.4, -0.2) is 0 Å². The summed E-state index contributed by atoms with van der Waals surface area (Å²) in [5, 5.41) is 0. The van der Waals surface area contributed by atoms with Crippen LogP contribution in [-0.2, 0) is 4.57 Å². The number of para-hydroxylation sites is 3. The molecule has 0 aliphatic heterocycles. The summed E-state index contributed by atoms with van der Waals surface area (Å²) in [5.41, 5.74) is 0. The van der Waals surface area contributed by atoms with E-state index in [9.17, 15) is 4.57 Å². The highest BCUT2D eigenvalue weighted by Crippen LogP contribution is 2.49. The maximum atomic E-state index is 13.1. The van der Waals surface area contributed by atoms with Crippen molar-refractivity contribution in [1.29, 1.82) is 0 Å². The fraction of sp³-hybridized carbons (Fsp3) is 0. The molecule has 0 spiro atoms. The third kappa shape index (κ3) is 4.86. The predicted molar refractivity (Wildman–Crippen MR) is 91.3 cm³/mol. The maximum absolute atomic E-state index is 13.1. The van der Waals surface area contributed by atoms with E-state index in [1.807, 2.05) is 18.2 Å². The molecular formula is C18H16FO4P. The topological polar surface area (TPSA) is 44.8 Å². The summed E-state index contributed by atoms with van der Waals surface area (Å²) in [5.74, 6) is 1.22. The highest BCUT2D eigenvalue weighted by Gasteiger charge is 2.33. The van der Waals surface area contributed by atoms with Crippen molar-refractivity contribution < 1.29 is 22.8 Å². The molecular weight excluding hydrogens is 330 g/mol. The molecule has 0 fully saturated rings. The summed E-state index contributed by atoms with van der Waals surface area (Å²) in [6, 6.07) is 26.4. The Hall–Kier alpha value is -2.78. The van der Waals surface area contributed by atoms with Crippen molar-refractivity contribution in [3.05, 3.63) is 91.0 Å². The Morgan fingerprint density at radius 3 is 1.00 bits per heavy atom. The molecule has 3 rings (SSSR count). The molecule has 6 heteroatoms. The van der Waals surface area contributed by atoms with Gasteiger partial charge in [0.1, 0.15) is 17.2 Å². The number of rotatable bonds is 6. The first-order chi connectivity index (χ1) is 11.2. The van der Waals surface area contributed by atoms with Crippen LogP contribution in [0.3, 0.4) is 0 Å². The lowest BCUT2D eigenvalue weighted by Crippen LogP contribution is -2.07. The van der Waals surface area contributed by atoms with E-state index >= 15 is 0 Å². The lowest BCUT2D eigenvalue weighted by Gasteiger charge is -2.19. The van der Waals surface area contributed by atoms with E-state index in [1.165, 1.54) is 0 Å². The van der Waals surface area contributed by atoms with Crippen LogP contribution in [0.25, 0.3) is 0 Å². The van der Waals surface area contributed by atoms with Gasteiger partial charge in [-0.1, -0.05) is 54.6 Å². The van der Waals surface area contributed by atoms with Crippen LogP contribution in [0.4, 0.5) is 4.70 Å². The van der Waals surface area contributed by atoms with E-state index in [4.69, 9.17) is 13.6 Å².